The number of benzene rings is 1. The molecule has 11 nitrogen and oxygen atoms in total. The van der Waals surface area contributed by atoms with Crippen LogP contribution in [0.1, 0.15) is 35.8 Å². The molecule has 1 aromatic carbocycles. The molecule has 3 saturated heterocycles. The third-order valence-electron chi connectivity index (χ3n) is 9.30. The highest BCUT2D eigenvalue weighted by Gasteiger charge is 2.70. The normalized spacial score (nSPS) is 26.7. The molecule has 12 heteroatoms. The third-order valence-corrected chi connectivity index (χ3v) is 10.2. The second-order valence-corrected chi connectivity index (χ2v) is 12.6. The van der Waals surface area contributed by atoms with E-state index in [0.717, 1.165) is 73.7 Å². The summed E-state index contributed by atoms with van der Waals surface area (Å²) < 4.78 is 7.79. The van der Waals surface area contributed by atoms with Crippen molar-refractivity contribution in [3.63, 3.8) is 0 Å². The average Bonchev–Trinajstić information content (AvgIpc) is 3.68. The van der Waals surface area contributed by atoms with Crippen LogP contribution in [0.25, 0.3) is 10.9 Å². The van der Waals surface area contributed by atoms with Crippen molar-refractivity contribution in [3.05, 3.63) is 102 Å². The lowest BCUT2D eigenvalue weighted by atomic mass is 9.76. The van der Waals surface area contributed by atoms with E-state index in [-0.39, 0.29) is 6.23 Å². The zero-order valence-electron chi connectivity index (χ0n) is 25.1. The Bertz CT molecular complexity index is 1720. The Balaban J connectivity index is 1.50. The van der Waals surface area contributed by atoms with Crippen LogP contribution in [0.5, 0.6) is 0 Å². The average molecular weight is 621 g/mol. The molecule has 1 N–H and O–H groups in total. The first kappa shape index (κ1) is 28.5. The molecule has 5 aromatic rings. The number of hydrogen-bond donors (Lipinski definition) is 1. The van der Waals surface area contributed by atoms with Crippen LogP contribution in [0, 0.1) is 0 Å². The Morgan fingerprint density at radius 1 is 0.822 bits per heavy atom. The number of anilines is 1. The molecule has 0 saturated carbocycles. The topological polar surface area (TPSA) is 108 Å². The lowest BCUT2D eigenvalue weighted by Gasteiger charge is -2.63. The largest absolute Gasteiger partial charge is 0.331 e. The number of nitrogens with one attached hydrogen (secondary N) is 1. The van der Waals surface area contributed by atoms with E-state index in [4.69, 9.17) is 29.7 Å². The summed E-state index contributed by atoms with van der Waals surface area (Å²) >= 11 is 1.58. The molecule has 4 aromatic heterocycles. The fourth-order valence-corrected chi connectivity index (χ4v) is 8.23. The minimum absolute atomic E-state index is 0.277. The minimum atomic E-state index is -1.18. The predicted molar refractivity (Wildman–Crippen MR) is 172 cm³/mol. The first-order chi connectivity index (χ1) is 22.3. The Kier molecular flexibility index (Phi) is 7.67. The summed E-state index contributed by atoms with van der Waals surface area (Å²) in [6.07, 6.45) is 13.8. The van der Waals surface area contributed by atoms with Crippen molar-refractivity contribution in [1.82, 2.24) is 45.0 Å². The molecular weight excluding hydrogens is 584 g/mol. The van der Waals surface area contributed by atoms with E-state index in [1.807, 2.05) is 42.3 Å². The molecule has 0 bridgehead atoms. The van der Waals surface area contributed by atoms with E-state index in [1.54, 1.807) is 23.7 Å². The fourth-order valence-electron chi connectivity index (χ4n) is 7.34. The molecule has 230 valence electrons. The van der Waals surface area contributed by atoms with Gasteiger partial charge in [-0.05, 0) is 31.0 Å². The summed E-state index contributed by atoms with van der Waals surface area (Å²) in [5, 5.41) is 7.43. The minimum Gasteiger partial charge on any atom is -0.331 e. The van der Waals surface area contributed by atoms with E-state index in [9.17, 15) is 0 Å². The standard InChI is InChI=1S/C33H36N10OS/c1-4-18-42(19-5-1)33(27-10-9-25-7-2-3-8-26(25)40-27)32(31-39-17-22-45-31,30-37-11-6-12-38-30)43(28-23-35-13-14-36-28)24-29(44-33)41-20-15-34-16-21-41/h2-3,6-14,17,22-23,29,34H,1,4-5,15-16,18-21,24H2. The zero-order valence-corrected chi connectivity index (χ0v) is 25.9. The van der Waals surface area contributed by atoms with Crippen LogP contribution in [0.15, 0.2) is 85.0 Å². The molecule has 0 radical (unpaired) electrons. The van der Waals surface area contributed by atoms with Crippen LogP contribution in [0.3, 0.4) is 0 Å². The molecule has 0 amide bonds. The molecular formula is C33H36N10OS. The molecule has 8 rings (SSSR count). The fraction of sp³-hybridized carbons (Fsp3) is 0.394. The van der Waals surface area contributed by atoms with E-state index in [1.165, 1.54) is 6.42 Å². The number of pyridine rings is 1. The van der Waals surface area contributed by atoms with E-state index in [0.29, 0.717) is 18.2 Å². The number of thiazole rings is 1. The number of ether oxygens (including phenoxy) is 1. The van der Waals surface area contributed by atoms with Crippen molar-refractivity contribution in [2.24, 2.45) is 0 Å². The highest BCUT2D eigenvalue weighted by Crippen LogP contribution is 2.57. The Hall–Kier alpha value is -3.94. The number of fused-ring (bicyclic) bond motifs is 1. The van der Waals surface area contributed by atoms with Crippen molar-refractivity contribution < 1.29 is 4.74 Å². The van der Waals surface area contributed by atoms with Crippen molar-refractivity contribution in [3.8, 4) is 0 Å². The number of rotatable bonds is 6. The van der Waals surface area contributed by atoms with Crippen LogP contribution in [-0.2, 0) is 16.0 Å². The Labute approximate surface area is 266 Å². The second-order valence-electron chi connectivity index (χ2n) is 11.7. The van der Waals surface area contributed by atoms with Gasteiger partial charge in [-0.15, -0.1) is 11.3 Å². The van der Waals surface area contributed by atoms with Gasteiger partial charge in [-0.25, -0.2) is 24.9 Å². The molecule has 3 fully saturated rings. The number of piperazine rings is 1. The predicted octanol–water partition coefficient (Wildman–Crippen LogP) is 3.62. The van der Waals surface area contributed by atoms with E-state index >= 15 is 0 Å². The summed E-state index contributed by atoms with van der Waals surface area (Å²) in [6, 6.07) is 14.4. The maximum absolute atomic E-state index is 7.79. The van der Waals surface area contributed by atoms with Crippen LogP contribution in [-0.4, -0.2) is 91.7 Å². The quantitative estimate of drug-likeness (QED) is 0.301. The number of likely N-dealkylation sites (tertiary alicyclic amines) is 1. The summed E-state index contributed by atoms with van der Waals surface area (Å²) in [5.41, 5.74) is -0.621. The smallest absolute Gasteiger partial charge is 0.204 e. The number of nitrogens with zero attached hydrogens (tertiary/aromatic N) is 9. The number of piperidine rings is 1. The monoisotopic (exact) mass is 620 g/mol. The van der Waals surface area contributed by atoms with Crippen LogP contribution in [0.4, 0.5) is 5.82 Å². The summed E-state index contributed by atoms with van der Waals surface area (Å²) in [6.45, 7) is 5.71. The first-order valence-corrected chi connectivity index (χ1v) is 16.6. The van der Waals surface area contributed by atoms with Crippen LogP contribution < -0.4 is 10.2 Å². The molecule has 45 heavy (non-hydrogen) atoms. The summed E-state index contributed by atoms with van der Waals surface area (Å²) in [5.74, 6) is 1.30. The van der Waals surface area contributed by atoms with Crippen molar-refractivity contribution in [1.29, 1.82) is 0 Å². The molecule has 0 spiro atoms. The molecule has 3 unspecified atom stereocenters. The molecule has 7 heterocycles. The number of morpholine rings is 1. The number of para-hydroxylation sites is 1. The summed E-state index contributed by atoms with van der Waals surface area (Å²) in [7, 11) is 0. The molecule has 3 atom stereocenters. The SMILES string of the molecule is c1cnc(C2(c3nccs3)N(c3cnccn3)CC(N3CCNCC3)OC2(c2ccc3ccccc3n2)N2CCCCC2)nc1. The van der Waals surface area contributed by atoms with Gasteiger partial charge in [0.2, 0.25) is 11.3 Å². The van der Waals surface area contributed by atoms with Gasteiger partial charge < -0.3 is 15.0 Å². The summed E-state index contributed by atoms with van der Waals surface area (Å²) in [4.78, 5) is 37.3. The van der Waals surface area contributed by atoms with Gasteiger partial charge in [0.15, 0.2) is 5.82 Å². The van der Waals surface area contributed by atoms with Gasteiger partial charge in [0, 0.05) is 81.0 Å². The first-order valence-electron chi connectivity index (χ1n) is 15.8. The van der Waals surface area contributed by atoms with Gasteiger partial charge in [-0.1, -0.05) is 30.7 Å². The van der Waals surface area contributed by atoms with Crippen molar-refractivity contribution >= 4 is 28.1 Å². The second kappa shape index (κ2) is 12.1. The van der Waals surface area contributed by atoms with Crippen LogP contribution in [0.2, 0.25) is 0 Å². The lowest BCUT2D eigenvalue weighted by molar-refractivity contribution is -0.284. The Morgan fingerprint density at radius 3 is 2.44 bits per heavy atom. The van der Waals surface area contributed by atoms with Crippen molar-refractivity contribution in [2.45, 2.75) is 36.8 Å². The van der Waals surface area contributed by atoms with Crippen LogP contribution >= 0.6 is 11.3 Å². The van der Waals surface area contributed by atoms with E-state index in [2.05, 4.69) is 55.3 Å². The van der Waals surface area contributed by atoms with Gasteiger partial charge in [0.05, 0.1) is 24.0 Å². The molecule has 3 aliphatic rings. The van der Waals surface area contributed by atoms with Gasteiger partial charge in [-0.3, -0.25) is 14.8 Å². The highest BCUT2D eigenvalue weighted by atomic mass is 32.1. The maximum atomic E-state index is 7.79. The Morgan fingerprint density at radius 2 is 1.67 bits per heavy atom. The molecule has 3 aliphatic heterocycles. The van der Waals surface area contributed by atoms with Gasteiger partial charge in [-0.2, -0.15) is 0 Å². The number of aromatic nitrogens is 6. The maximum Gasteiger partial charge on any atom is 0.204 e. The lowest BCUT2D eigenvalue weighted by Crippen LogP contribution is -2.77. The molecule has 0 aliphatic carbocycles. The van der Waals surface area contributed by atoms with E-state index < -0.39 is 11.3 Å². The van der Waals surface area contributed by atoms with Gasteiger partial charge in [0.25, 0.3) is 0 Å². The zero-order chi connectivity index (χ0) is 30.1. The van der Waals surface area contributed by atoms with Crippen molar-refractivity contribution in [2.75, 3.05) is 50.7 Å². The van der Waals surface area contributed by atoms with Gasteiger partial charge >= 0.3 is 0 Å². The highest BCUT2D eigenvalue weighted by molar-refractivity contribution is 7.09. The van der Waals surface area contributed by atoms with Gasteiger partial charge in [0.1, 0.15) is 17.1 Å². The third kappa shape index (κ3) is 4.70. The number of hydrogen-bond acceptors (Lipinski definition) is 12.